The van der Waals surface area contributed by atoms with Crippen molar-refractivity contribution in [1.29, 1.82) is 0 Å². The highest BCUT2D eigenvalue weighted by molar-refractivity contribution is 5.14. The van der Waals surface area contributed by atoms with Gasteiger partial charge < -0.3 is 14.7 Å². The Morgan fingerprint density at radius 2 is 1.67 bits per heavy atom. The molecule has 1 saturated heterocycles. The van der Waals surface area contributed by atoms with Crippen LogP contribution < -0.4 is 0 Å². The van der Waals surface area contributed by atoms with E-state index >= 15 is 0 Å². The minimum Gasteiger partial charge on any atom is -0.308 e. The van der Waals surface area contributed by atoms with E-state index in [-0.39, 0.29) is 0 Å². The monoisotopic (exact) mass is 289 g/mol. The molecule has 1 aromatic carbocycles. The number of nitrogens with zero attached hydrogens (tertiary/aromatic N) is 3. The Labute approximate surface area is 130 Å². The van der Waals surface area contributed by atoms with Crippen molar-refractivity contribution in [3.63, 3.8) is 0 Å². The summed E-state index contributed by atoms with van der Waals surface area (Å²) in [5, 5.41) is 0. The van der Waals surface area contributed by atoms with Crippen molar-refractivity contribution < 1.29 is 0 Å². The number of piperidine rings is 1. The molecule has 3 heteroatoms. The normalized spacial score (nSPS) is 17.8. The summed E-state index contributed by atoms with van der Waals surface area (Å²) < 4.78 is 0. The van der Waals surface area contributed by atoms with Crippen molar-refractivity contribution in [3.05, 3.63) is 35.9 Å². The summed E-state index contributed by atoms with van der Waals surface area (Å²) >= 11 is 0. The van der Waals surface area contributed by atoms with Crippen LogP contribution >= 0.6 is 0 Å². The van der Waals surface area contributed by atoms with Gasteiger partial charge in [0.25, 0.3) is 0 Å². The molecule has 3 nitrogen and oxygen atoms in total. The zero-order valence-electron chi connectivity index (χ0n) is 14.0. The van der Waals surface area contributed by atoms with Crippen molar-refractivity contribution in [2.75, 3.05) is 53.9 Å². The first-order chi connectivity index (χ1) is 10.1. The van der Waals surface area contributed by atoms with Crippen LogP contribution in [0.2, 0.25) is 0 Å². The third-order valence-corrected chi connectivity index (χ3v) is 4.64. The van der Waals surface area contributed by atoms with E-state index in [1.165, 1.54) is 51.0 Å². The van der Waals surface area contributed by atoms with E-state index in [2.05, 4.69) is 66.2 Å². The molecule has 1 fully saturated rings. The summed E-state index contributed by atoms with van der Waals surface area (Å²) in [7, 11) is 6.59. The lowest BCUT2D eigenvalue weighted by molar-refractivity contribution is 0.123. The number of rotatable bonds is 7. The second-order valence-electron chi connectivity index (χ2n) is 6.59. The van der Waals surface area contributed by atoms with Gasteiger partial charge in [0.05, 0.1) is 0 Å². The van der Waals surface area contributed by atoms with Gasteiger partial charge in [0.2, 0.25) is 0 Å². The topological polar surface area (TPSA) is 9.72 Å². The van der Waals surface area contributed by atoms with Crippen molar-refractivity contribution in [1.82, 2.24) is 14.7 Å². The highest BCUT2D eigenvalue weighted by Crippen LogP contribution is 2.15. The van der Waals surface area contributed by atoms with Crippen LogP contribution in [0.5, 0.6) is 0 Å². The van der Waals surface area contributed by atoms with Gasteiger partial charge in [0.1, 0.15) is 0 Å². The largest absolute Gasteiger partial charge is 0.308 e. The third-order valence-electron chi connectivity index (χ3n) is 4.64. The fourth-order valence-corrected chi connectivity index (χ4v) is 3.06. The second-order valence-corrected chi connectivity index (χ2v) is 6.59. The van der Waals surface area contributed by atoms with Crippen molar-refractivity contribution >= 4 is 0 Å². The molecular weight excluding hydrogens is 258 g/mol. The Balaban J connectivity index is 1.66. The standard InChI is InChI=1S/C18H31N3/c1-19(2)15-16-20(3)18-10-13-21(14-11-18)12-9-17-7-5-4-6-8-17/h4-8,18H,9-16H2,1-3H3. The smallest absolute Gasteiger partial charge is 0.0117 e. The lowest BCUT2D eigenvalue weighted by atomic mass is 10.0. The van der Waals surface area contributed by atoms with E-state index in [1.54, 1.807) is 0 Å². The lowest BCUT2D eigenvalue weighted by Gasteiger charge is -2.37. The van der Waals surface area contributed by atoms with Crippen LogP contribution in [0.1, 0.15) is 18.4 Å². The van der Waals surface area contributed by atoms with Gasteiger partial charge in [-0.2, -0.15) is 0 Å². The van der Waals surface area contributed by atoms with Crippen LogP contribution in [0.15, 0.2) is 30.3 Å². The van der Waals surface area contributed by atoms with Crippen LogP contribution in [0.4, 0.5) is 0 Å². The number of likely N-dealkylation sites (N-methyl/N-ethyl adjacent to an activating group) is 2. The molecule has 21 heavy (non-hydrogen) atoms. The van der Waals surface area contributed by atoms with Gasteiger partial charge in [0.15, 0.2) is 0 Å². The minimum absolute atomic E-state index is 0.776. The van der Waals surface area contributed by atoms with Gasteiger partial charge >= 0.3 is 0 Å². The summed E-state index contributed by atoms with van der Waals surface area (Å²) in [6.07, 6.45) is 3.82. The summed E-state index contributed by atoms with van der Waals surface area (Å²) in [4.78, 5) is 7.45. The molecule has 0 radical (unpaired) electrons. The Hall–Kier alpha value is -0.900. The number of benzene rings is 1. The molecule has 118 valence electrons. The van der Waals surface area contributed by atoms with Crippen LogP contribution in [0.3, 0.4) is 0 Å². The molecule has 0 unspecified atom stereocenters. The third kappa shape index (κ3) is 5.77. The quantitative estimate of drug-likeness (QED) is 0.762. The van der Waals surface area contributed by atoms with Gasteiger partial charge in [0, 0.05) is 25.7 Å². The van der Waals surface area contributed by atoms with Crippen LogP contribution in [-0.2, 0) is 6.42 Å². The SMILES string of the molecule is CN(C)CCN(C)C1CCN(CCc2ccccc2)CC1. The van der Waals surface area contributed by atoms with E-state index in [9.17, 15) is 0 Å². The minimum atomic E-state index is 0.776. The molecule has 0 amide bonds. The second kappa shape index (κ2) is 8.52. The fraction of sp³-hybridized carbons (Fsp3) is 0.667. The molecule has 1 aliphatic rings. The Kier molecular flexibility index (Phi) is 6.68. The maximum absolute atomic E-state index is 2.63. The van der Waals surface area contributed by atoms with Crippen molar-refractivity contribution in [2.24, 2.45) is 0 Å². The van der Waals surface area contributed by atoms with Gasteiger partial charge in [-0.25, -0.2) is 0 Å². The molecule has 0 saturated carbocycles. The first-order valence-corrected chi connectivity index (χ1v) is 8.26. The predicted molar refractivity (Wildman–Crippen MR) is 90.8 cm³/mol. The lowest BCUT2D eigenvalue weighted by Crippen LogP contribution is -2.45. The molecule has 0 aromatic heterocycles. The average molecular weight is 289 g/mol. The van der Waals surface area contributed by atoms with Crippen LogP contribution in [0.25, 0.3) is 0 Å². The molecule has 0 bridgehead atoms. The molecule has 1 aromatic rings. The van der Waals surface area contributed by atoms with Crippen molar-refractivity contribution in [2.45, 2.75) is 25.3 Å². The Morgan fingerprint density at radius 3 is 2.29 bits per heavy atom. The van der Waals surface area contributed by atoms with E-state index in [0.29, 0.717) is 0 Å². The zero-order valence-corrected chi connectivity index (χ0v) is 14.0. The first kappa shape index (κ1) is 16.5. The average Bonchev–Trinajstić information content (AvgIpc) is 2.52. The highest BCUT2D eigenvalue weighted by atomic mass is 15.2. The number of hydrogen-bond donors (Lipinski definition) is 0. The maximum Gasteiger partial charge on any atom is 0.0117 e. The highest BCUT2D eigenvalue weighted by Gasteiger charge is 2.21. The zero-order chi connectivity index (χ0) is 15.1. The maximum atomic E-state index is 2.63. The van der Waals surface area contributed by atoms with Gasteiger partial charge in [-0.05, 0) is 59.1 Å². The van der Waals surface area contributed by atoms with Crippen molar-refractivity contribution in [3.8, 4) is 0 Å². The van der Waals surface area contributed by atoms with Gasteiger partial charge in [-0.15, -0.1) is 0 Å². The molecular formula is C18H31N3. The number of hydrogen-bond acceptors (Lipinski definition) is 3. The first-order valence-electron chi connectivity index (χ1n) is 8.26. The van der Waals surface area contributed by atoms with Gasteiger partial charge in [-0.3, -0.25) is 0 Å². The molecule has 2 rings (SSSR count). The number of likely N-dealkylation sites (tertiary alicyclic amines) is 1. The van der Waals surface area contributed by atoms with E-state index in [4.69, 9.17) is 0 Å². The summed E-state index contributed by atoms with van der Waals surface area (Å²) in [5.74, 6) is 0. The Bertz CT molecular complexity index is 383. The Morgan fingerprint density at radius 1 is 1.00 bits per heavy atom. The van der Waals surface area contributed by atoms with E-state index < -0.39 is 0 Å². The molecule has 1 heterocycles. The summed E-state index contributed by atoms with van der Waals surface area (Å²) in [6.45, 7) is 6.05. The molecule has 1 aliphatic heterocycles. The summed E-state index contributed by atoms with van der Waals surface area (Å²) in [6, 6.07) is 11.6. The molecule has 0 N–H and O–H groups in total. The van der Waals surface area contributed by atoms with E-state index in [1.807, 2.05) is 0 Å². The molecule has 0 aliphatic carbocycles. The molecule has 0 spiro atoms. The summed E-state index contributed by atoms with van der Waals surface area (Å²) in [5.41, 5.74) is 1.46. The predicted octanol–water partition coefficient (Wildman–Crippen LogP) is 2.19. The van der Waals surface area contributed by atoms with Crippen LogP contribution in [0, 0.1) is 0 Å². The molecule has 0 atom stereocenters. The fourth-order valence-electron chi connectivity index (χ4n) is 3.06. The van der Waals surface area contributed by atoms with Crippen LogP contribution in [-0.4, -0.2) is 74.6 Å². The van der Waals surface area contributed by atoms with Gasteiger partial charge in [-0.1, -0.05) is 30.3 Å². The van der Waals surface area contributed by atoms with E-state index in [0.717, 1.165) is 12.6 Å².